The molecule has 0 N–H and O–H groups in total. The molecule has 27 heavy (non-hydrogen) atoms. The van der Waals surface area contributed by atoms with Crippen molar-refractivity contribution in [2.24, 2.45) is 0 Å². The van der Waals surface area contributed by atoms with Gasteiger partial charge in [-0.15, -0.1) is 0 Å². The summed E-state index contributed by atoms with van der Waals surface area (Å²) in [5.74, 6) is 0.458. The van der Waals surface area contributed by atoms with E-state index in [2.05, 4.69) is 9.97 Å². The quantitative estimate of drug-likeness (QED) is 0.805. The van der Waals surface area contributed by atoms with Crippen LogP contribution in [0, 0.1) is 0 Å². The molecule has 3 aliphatic rings. The molecule has 8 nitrogen and oxygen atoms in total. The standard InChI is InChI=1S/C19H26N4O4/c1-26-12-17(24)22-9-5-6-15(22)14-10-20-11-16(21-14)23-13-19(27-18(23)25)7-3-2-4-8-19/h10-11,15H,2-9,12-13H2,1H3. The van der Waals surface area contributed by atoms with Gasteiger partial charge in [-0.05, 0) is 38.5 Å². The van der Waals surface area contributed by atoms with Crippen LogP contribution in [0.1, 0.15) is 56.7 Å². The van der Waals surface area contributed by atoms with Gasteiger partial charge in [-0.2, -0.15) is 0 Å². The fourth-order valence-corrected chi connectivity index (χ4v) is 4.50. The Morgan fingerprint density at radius 2 is 2.11 bits per heavy atom. The minimum atomic E-state index is -0.374. The molecule has 0 bridgehead atoms. The third kappa shape index (κ3) is 3.50. The van der Waals surface area contributed by atoms with E-state index in [0.29, 0.717) is 24.6 Å². The number of carbonyl (C=O) groups excluding carboxylic acids is 2. The van der Waals surface area contributed by atoms with Crippen molar-refractivity contribution in [3.63, 3.8) is 0 Å². The molecule has 1 spiro atoms. The molecule has 0 aromatic carbocycles. The molecule has 3 heterocycles. The van der Waals surface area contributed by atoms with Crippen molar-refractivity contribution < 1.29 is 19.1 Å². The van der Waals surface area contributed by atoms with Gasteiger partial charge >= 0.3 is 6.09 Å². The summed E-state index contributed by atoms with van der Waals surface area (Å²) in [4.78, 5) is 37.2. The SMILES string of the molecule is COCC(=O)N1CCCC1c1cncc(N2CC3(CCCCC3)OC2=O)n1. The highest BCUT2D eigenvalue weighted by Gasteiger charge is 2.46. The number of rotatable bonds is 4. The number of hydrogen-bond acceptors (Lipinski definition) is 6. The minimum Gasteiger partial charge on any atom is -0.441 e. The number of anilines is 1. The van der Waals surface area contributed by atoms with Crippen molar-refractivity contribution in [2.75, 3.05) is 31.7 Å². The third-order valence-corrected chi connectivity index (χ3v) is 5.83. The van der Waals surface area contributed by atoms with E-state index >= 15 is 0 Å². The van der Waals surface area contributed by atoms with Crippen molar-refractivity contribution in [2.45, 2.75) is 56.6 Å². The molecule has 3 fully saturated rings. The van der Waals surface area contributed by atoms with Crippen molar-refractivity contribution >= 4 is 17.8 Å². The molecular formula is C19H26N4O4. The second-order valence-electron chi connectivity index (χ2n) is 7.68. The van der Waals surface area contributed by atoms with Gasteiger partial charge in [0, 0.05) is 13.7 Å². The normalized spacial score (nSPS) is 24.5. The van der Waals surface area contributed by atoms with E-state index < -0.39 is 0 Å². The van der Waals surface area contributed by atoms with Crippen LogP contribution in [0.4, 0.5) is 10.6 Å². The zero-order chi connectivity index (χ0) is 18.9. The summed E-state index contributed by atoms with van der Waals surface area (Å²) >= 11 is 0. The molecule has 2 amide bonds. The van der Waals surface area contributed by atoms with Crippen LogP contribution < -0.4 is 4.90 Å². The fraction of sp³-hybridized carbons (Fsp3) is 0.684. The summed E-state index contributed by atoms with van der Waals surface area (Å²) in [5.41, 5.74) is 0.341. The molecule has 146 valence electrons. The Morgan fingerprint density at radius 3 is 2.89 bits per heavy atom. The van der Waals surface area contributed by atoms with Crippen LogP contribution in [-0.4, -0.2) is 59.3 Å². The molecule has 8 heteroatoms. The van der Waals surface area contributed by atoms with E-state index in [9.17, 15) is 9.59 Å². The summed E-state index contributed by atoms with van der Waals surface area (Å²) in [7, 11) is 1.52. The molecule has 1 atom stereocenters. The summed E-state index contributed by atoms with van der Waals surface area (Å²) in [5, 5.41) is 0. The second kappa shape index (κ2) is 7.42. The zero-order valence-electron chi connectivity index (χ0n) is 15.7. The molecule has 4 rings (SSSR count). The fourth-order valence-electron chi connectivity index (χ4n) is 4.50. The topological polar surface area (TPSA) is 84.9 Å². The van der Waals surface area contributed by atoms with Gasteiger partial charge in [0.25, 0.3) is 0 Å². The van der Waals surface area contributed by atoms with Gasteiger partial charge in [-0.1, -0.05) is 6.42 Å². The first-order valence-electron chi connectivity index (χ1n) is 9.73. The van der Waals surface area contributed by atoms with Crippen LogP contribution in [0.2, 0.25) is 0 Å². The van der Waals surface area contributed by atoms with Crippen LogP contribution in [0.25, 0.3) is 0 Å². The Kier molecular flexibility index (Phi) is 4.99. The Morgan fingerprint density at radius 1 is 1.30 bits per heavy atom. The number of aromatic nitrogens is 2. The van der Waals surface area contributed by atoms with Gasteiger partial charge in [0.15, 0.2) is 5.82 Å². The van der Waals surface area contributed by atoms with Gasteiger partial charge < -0.3 is 14.4 Å². The first kappa shape index (κ1) is 18.2. The highest BCUT2D eigenvalue weighted by atomic mass is 16.6. The molecule has 2 aliphatic heterocycles. The van der Waals surface area contributed by atoms with Crippen LogP contribution in [0.3, 0.4) is 0 Å². The molecule has 1 aliphatic carbocycles. The lowest BCUT2D eigenvalue weighted by atomic mass is 9.85. The monoisotopic (exact) mass is 374 g/mol. The number of likely N-dealkylation sites (tertiary alicyclic amines) is 1. The summed E-state index contributed by atoms with van der Waals surface area (Å²) in [6, 6.07) is -0.123. The van der Waals surface area contributed by atoms with E-state index in [0.717, 1.165) is 38.5 Å². The number of hydrogen-bond donors (Lipinski definition) is 0. The maximum Gasteiger partial charge on any atom is 0.416 e. The maximum absolute atomic E-state index is 12.5. The largest absolute Gasteiger partial charge is 0.441 e. The van der Waals surface area contributed by atoms with Crippen LogP contribution in [0.15, 0.2) is 12.4 Å². The van der Waals surface area contributed by atoms with Gasteiger partial charge in [0.05, 0.1) is 30.7 Å². The Balaban J connectivity index is 1.54. The number of amides is 2. The lowest BCUT2D eigenvalue weighted by molar-refractivity contribution is -0.136. The van der Waals surface area contributed by atoms with Gasteiger partial charge in [-0.3, -0.25) is 14.7 Å². The molecule has 0 radical (unpaired) electrons. The van der Waals surface area contributed by atoms with E-state index in [1.165, 1.54) is 13.5 Å². The van der Waals surface area contributed by atoms with Crippen LogP contribution in [-0.2, 0) is 14.3 Å². The highest BCUT2D eigenvalue weighted by molar-refractivity contribution is 5.89. The van der Waals surface area contributed by atoms with Gasteiger partial charge in [0.2, 0.25) is 5.91 Å². The average molecular weight is 374 g/mol. The van der Waals surface area contributed by atoms with Gasteiger partial charge in [-0.25, -0.2) is 9.78 Å². The molecule has 1 aromatic rings. The van der Waals surface area contributed by atoms with Crippen molar-refractivity contribution in [1.82, 2.24) is 14.9 Å². The van der Waals surface area contributed by atoms with Crippen molar-refractivity contribution in [3.05, 3.63) is 18.1 Å². The smallest absolute Gasteiger partial charge is 0.416 e. The summed E-state index contributed by atoms with van der Waals surface area (Å²) in [6.07, 6.45) is 9.88. The summed E-state index contributed by atoms with van der Waals surface area (Å²) < 4.78 is 10.7. The lowest BCUT2D eigenvalue weighted by Crippen LogP contribution is -2.37. The first-order valence-corrected chi connectivity index (χ1v) is 9.73. The summed E-state index contributed by atoms with van der Waals surface area (Å²) in [6.45, 7) is 1.28. The predicted molar refractivity (Wildman–Crippen MR) is 97.2 cm³/mol. The molecular weight excluding hydrogens is 348 g/mol. The zero-order valence-corrected chi connectivity index (χ0v) is 15.7. The Hall–Kier alpha value is -2.22. The van der Waals surface area contributed by atoms with Gasteiger partial charge in [0.1, 0.15) is 12.2 Å². The number of ether oxygens (including phenoxy) is 2. The Labute approximate surface area is 158 Å². The van der Waals surface area contributed by atoms with E-state index in [1.807, 2.05) is 0 Å². The molecule has 1 saturated carbocycles. The predicted octanol–water partition coefficient (Wildman–Crippen LogP) is 2.45. The number of methoxy groups -OCH3 is 1. The molecule has 1 unspecified atom stereocenters. The van der Waals surface area contributed by atoms with Crippen molar-refractivity contribution in [1.29, 1.82) is 0 Å². The third-order valence-electron chi connectivity index (χ3n) is 5.83. The molecule has 2 saturated heterocycles. The molecule has 1 aromatic heterocycles. The maximum atomic E-state index is 12.5. The van der Waals surface area contributed by atoms with E-state index in [1.54, 1.807) is 22.2 Å². The minimum absolute atomic E-state index is 0.0473. The average Bonchev–Trinajstić information content (AvgIpc) is 3.28. The van der Waals surface area contributed by atoms with E-state index in [-0.39, 0.29) is 30.3 Å². The second-order valence-corrected chi connectivity index (χ2v) is 7.68. The number of carbonyl (C=O) groups is 2. The first-order chi connectivity index (χ1) is 13.1. The highest BCUT2D eigenvalue weighted by Crippen LogP contribution is 2.39. The van der Waals surface area contributed by atoms with E-state index in [4.69, 9.17) is 9.47 Å². The lowest BCUT2D eigenvalue weighted by Gasteiger charge is -2.30. The number of nitrogens with zero attached hydrogens (tertiary/aromatic N) is 4. The Bertz CT molecular complexity index is 719. The van der Waals surface area contributed by atoms with Crippen molar-refractivity contribution in [3.8, 4) is 0 Å². The van der Waals surface area contributed by atoms with Crippen LogP contribution >= 0.6 is 0 Å². The van der Waals surface area contributed by atoms with Crippen LogP contribution in [0.5, 0.6) is 0 Å².